The Hall–Kier alpha value is -3.10. The SMILES string of the molecule is CCCCCCCCCC(c1cc(S)c(N2C(=O)C=CC2=O)c(CC)c1)c1cc(S)c(N2C(=O)C=CC2=O)c(CC)c1. The van der Waals surface area contributed by atoms with Gasteiger partial charge in [-0.15, -0.1) is 25.3 Å². The number of carbonyl (C=O) groups is 4. The van der Waals surface area contributed by atoms with E-state index in [0.717, 1.165) is 41.5 Å². The van der Waals surface area contributed by atoms with Crippen LogP contribution in [0.3, 0.4) is 0 Å². The van der Waals surface area contributed by atoms with E-state index in [1.807, 2.05) is 26.0 Å². The van der Waals surface area contributed by atoms with Gasteiger partial charge in [0.25, 0.3) is 23.6 Å². The molecule has 2 aromatic carbocycles. The summed E-state index contributed by atoms with van der Waals surface area (Å²) >= 11 is 9.58. The highest BCUT2D eigenvalue weighted by Gasteiger charge is 2.31. The number of benzene rings is 2. The molecular weight excluding hydrogens is 565 g/mol. The molecule has 42 heavy (non-hydrogen) atoms. The normalized spacial score (nSPS) is 14.9. The molecular formula is C34H40N2O4S2. The molecule has 0 saturated carbocycles. The summed E-state index contributed by atoms with van der Waals surface area (Å²) in [5.41, 5.74) is 4.94. The number of anilines is 2. The third kappa shape index (κ3) is 6.76. The number of hydrogen-bond donors (Lipinski definition) is 2. The zero-order valence-electron chi connectivity index (χ0n) is 24.7. The van der Waals surface area contributed by atoms with Crippen molar-refractivity contribution >= 4 is 60.3 Å². The van der Waals surface area contributed by atoms with E-state index in [0.29, 0.717) is 34.0 Å². The standard InChI is InChI=1S/C34H40N2O4S2/c1-4-7-8-9-10-11-12-13-26(24-18-22(5-2)33(27(41)20-24)35-29(37)14-15-30(35)38)25-19-23(6-3)34(28(42)21-25)36-31(39)16-17-32(36)40/h14-21,26,41-42H,4-13H2,1-3H3. The molecule has 6 nitrogen and oxygen atoms in total. The summed E-state index contributed by atoms with van der Waals surface area (Å²) in [6.45, 7) is 6.24. The number of carbonyl (C=O) groups excluding carboxylic acids is 4. The Labute approximate surface area is 260 Å². The number of hydrogen-bond acceptors (Lipinski definition) is 6. The molecule has 2 aromatic rings. The van der Waals surface area contributed by atoms with Crippen LogP contribution in [0.4, 0.5) is 11.4 Å². The van der Waals surface area contributed by atoms with Crippen LogP contribution in [0.1, 0.15) is 100 Å². The van der Waals surface area contributed by atoms with Crippen molar-refractivity contribution in [2.24, 2.45) is 0 Å². The van der Waals surface area contributed by atoms with Crippen LogP contribution in [0, 0.1) is 0 Å². The number of unbranched alkanes of at least 4 members (excludes halogenated alkanes) is 6. The topological polar surface area (TPSA) is 74.8 Å². The lowest BCUT2D eigenvalue weighted by atomic mass is 9.84. The molecule has 0 saturated heterocycles. The smallest absolute Gasteiger partial charge is 0.258 e. The molecule has 8 heteroatoms. The van der Waals surface area contributed by atoms with E-state index in [4.69, 9.17) is 25.3 Å². The van der Waals surface area contributed by atoms with Crippen molar-refractivity contribution in [1.29, 1.82) is 0 Å². The Kier molecular flexibility index (Phi) is 10.9. The van der Waals surface area contributed by atoms with Crippen molar-refractivity contribution in [2.75, 3.05) is 9.80 Å². The average molecular weight is 605 g/mol. The first-order valence-electron chi connectivity index (χ1n) is 15.1. The van der Waals surface area contributed by atoms with Gasteiger partial charge in [0.2, 0.25) is 0 Å². The first-order valence-corrected chi connectivity index (χ1v) is 15.9. The van der Waals surface area contributed by atoms with Crippen LogP contribution in [0.5, 0.6) is 0 Å². The second-order valence-corrected chi connectivity index (χ2v) is 11.9. The molecule has 4 rings (SSSR count). The molecule has 0 fully saturated rings. The lowest BCUT2D eigenvalue weighted by molar-refractivity contribution is -0.121. The Morgan fingerprint density at radius 2 is 0.952 bits per heavy atom. The summed E-state index contributed by atoms with van der Waals surface area (Å²) in [5.74, 6) is -1.44. The molecule has 2 heterocycles. The van der Waals surface area contributed by atoms with E-state index < -0.39 is 0 Å². The van der Waals surface area contributed by atoms with Gasteiger partial charge in [-0.05, 0) is 53.6 Å². The summed E-state index contributed by atoms with van der Waals surface area (Å²) < 4.78 is 0. The van der Waals surface area contributed by atoms with Crippen molar-refractivity contribution in [3.8, 4) is 0 Å². The minimum Gasteiger partial charge on any atom is -0.269 e. The summed E-state index contributed by atoms with van der Waals surface area (Å²) in [6.07, 6.45) is 15.7. The number of thiol groups is 2. The Morgan fingerprint density at radius 3 is 1.33 bits per heavy atom. The highest BCUT2D eigenvalue weighted by atomic mass is 32.1. The average Bonchev–Trinajstić information content (AvgIpc) is 3.48. The zero-order valence-corrected chi connectivity index (χ0v) is 26.5. The van der Waals surface area contributed by atoms with Crippen molar-refractivity contribution < 1.29 is 19.2 Å². The molecule has 0 unspecified atom stereocenters. The third-order valence-electron chi connectivity index (χ3n) is 8.11. The van der Waals surface area contributed by atoms with Gasteiger partial charge in [-0.3, -0.25) is 19.2 Å². The molecule has 0 bridgehead atoms. The Morgan fingerprint density at radius 1 is 0.571 bits per heavy atom. The fraction of sp³-hybridized carbons (Fsp3) is 0.412. The fourth-order valence-electron chi connectivity index (χ4n) is 5.93. The second kappa shape index (κ2) is 14.4. The van der Waals surface area contributed by atoms with Gasteiger partial charge < -0.3 is 0 Å². The largest absolute Gasteiger partial charge is 0.269 e. The van der Waals surface area contributed by atoms with Crippen LogP contribution in [-0.2, 0) is 32.0 Å². The van der Waals surface area contributed by atoms with E-state index in [9.17, 15) is 19.2 Å². The summed E-state index contributed by atoms with van der Waals surface area (Å²) in [5, 5.41) is 0. The predicted molar refractivity (Wildman–Crippen MR) is 174 cm³/mol. The molecule has 0 radical (unpaired) electrons. The minimum absolute atomic E-state index is 0.00218. The summed E-state index contributed by atoms with van der Waals surface area (Å²) in [6, 6.07) is 8.12. The fourth-order valence-corrected chi connectivity index (χ4v) is 6.72. The molecule has 4 amide bonds. The lowest BCUT2D eigenvalue weighted by Gasteiger charge is -2.26. The number of aryl methyl sites for hydroxylation is 2. The Balaban J connectivity index is 1.73. The van der Waals surface area contributed by atoms with Gasteiger partial charge in [-0.1, -0.05) is 77.8 Å². The van der Waals surface area contributed by atoms with Gasteiger partial charge >= 0.3 is 0 Å². The van der Waals surface area contributed by atoms with E-state index in [2.05, 4.69) is 19.1 Å². The maximum absolute atomic E-state index is 12.5. The minimum atomic E-state index is -0.360. The van der Waals surface area contributed by atoms with Crippen LogP contribution >= 0.6 is 25.3 Å². The molecule has 2 aliphatic rings. The van der Waals surface area contributed by atoms with Gasteiger partial charge in [0.1, 0.15) is 0 Å². The van der Waals surface area contributed by atoms with Crippen molar-refractivity contribution in [1.82, 2.24) is 0 Å². The molecule has 222 valence electrons. The van der Waals surface area contributed by atoms with Crippen molar-refractivity contribution in [3.05, 3.63) is 70.8 Å². The van der Waals surface area contributed by atoms with Crippen LogP contribution in [0.2, 0.25) is 0 Å². The number of rotatable bonds is 14. The van der Waals surface area contributed by atoms with E-state index in [-0.39, 0.29) is 29.5 Å². The third-order valence-corrected chi connectivity index (χ3v) is 8.79. The second-order valence-electron chi connectivity index (χ2n) is 11.0. The summed E-state index contributed by atoms with van der Waals surface area (Å²) in [7, 11) is 0. The zero-order chi connectivity index (χ0) is 30.4. The van der Waals surface area contributed by atoms with Gasteiger partial charge in [-0.2, -0.15) is 0 Å². The highest BCUT2D eigenvalue weighted by molar-refractivity contribution is 7.80. The first-order chi connectivity index (χ1) is 20.2. The van der Waals surface area contributed by atoms with Gasteiger partial charge in [-0.25, -0.2) is 9.80 Å². The van der Waals surface area contributed by atoms with Crippen LogP contribution in [-0.4, -0.2) is 23.6 Å². The molecule has 2 aliphatic heterocycles. The van der Waals surface area contributed by atoms with E-state index >= 15 is 0 Å². The van der Waals surface area contributed by atoms with E-state index in [1.165, 1.54) is 66.2 Å². The number of amides is 4. The van der Waals surface area contributed by atoms with Crippen LogP contribution < -0.4 is 9.80 Å². The van der Waals surface area contributed by atoms with E-state index in [1.54, 1.807) is 0 Å². The van der Waals surface area contributed by atoms with Gasteiger partial charge in [0, 0.05) is 40.0 Å². The maximum atomic E-state index is 12.5. The van der Waals surface area contributed by atoms with Crippen molar-refractivity contribution in [3.63, 3.8) is 0 Å². The number of nitrogens with zero attached hydrogens (tertiary/aromatic N) is 2. The molecule has 0 spiro atoms. The van der Waals surface area contributed by atoms with Gasteiger partial charge in [0.15, 0.2) is 0 Å². The molecule has 0 aliphatic carbocycles. The van der Waals surface area contributed by atoms with Crippen LogP contribution in [0.25, 0.3) is 0 Å². The quantitative estimate of drug-likeness (QED) is 0.133. The van der Waals surface area contributed by atoms with Gasteiger partial charge in [0.05, 0.1) is 11.4 Å². The lowest BCUT2D eigenvalue weighted by Crippen LogP contribution is -2.31. The molecule has 0 aromatic heterocycles. The monoisotopic (exact) mass is 604 g/mol. The number of imide groups is 2. The summed E-state index contributed by atoms with van der Waals surface area (Å²) in [4.78, 5) is 53.7. The molecule has 0 atom stereocenters. The maximum Gasteiger partial charge on any atom is 0.258 e. The first kappa shape index (κ1) is 31.8. The van der Waals surface area contributed by atoms with Crippen LogP contribution in [0.15, 0.2) is 58.4 Å². The highest BCUT2D eigenvalue weighted by Crippen LogP contribution is 2.41. The predicted octanol–water partition coefficient (Wildman–Crippen LogP) is 7.52. The Bertz CT molecular complexity index is 1310. The molecule has 0 N–H and O–H groups in total. The van der Waals surface area contributed by atoms with Crippen molar-refractivity contribution in [2.45, 2.75) is 101 Å².